The molecule has 1 heterocycles. The van der Waals surface area contributed by atoms with Gasteiger partial charge in [0.05, 0.1) is 0 Å². The van der Waals surface area contributed by atoms with Gasteiger partial charge in [0.1, 0.15) is 6.61 Å². The van der Waals surface area contributed by atoms with Crippen LogP contribution in [0, 0.1) is 13.8 Å². The molecule has 0 aromatic carbocycles. The molecule has 0 atom stereocenters. The van der Waals surface area contributed by atoms with E-state index in [1.807, 2.05) is 26.0 Å². The lowest BCUT2D eigenvalue weighted by Crippen LogP contribution is -2.15. The fourth-order valence-corrected chi connectivity index (χ4v) is 1.64. The van der Waals surface area contributed by atoms with Crippen LogP contribution >= 0.6 is 0 Å². The first-order valence-corrected chi connectivity index (χ1v) is 6.10. The summed E-state index contributed by atoms with van der Waals surface area (Å²) < 4.78 is 5.70. The number of rotatable bonds is 6. The van der Waals surface area contributed by atoms with Gasteiger partial charge in [0.15, 0.2) is 0 Å². The highest BCUT2D eigenvalue weighted by Gasteiger charge is 2.09. The molecule has 0 aliphatic carbocycles. The van der Waals surface area contributed by atoms with Gasteiger partial charge < -0.3 is 10.1 Å². The maximum atomic E-state index is 5.70. The summed E-state index contributed by atoms with van der Waals surface area (Å²) in [4.78, 5) is 4.46. The summed E-state index contributed by atoms with van der Waals surface area (Å²) >= 11 is 0. The third-order valence-corrected chi connectivity index (χ3v) is 2.54. The maximum Gasteiger partial charge on any atom is 0.218 e. The van der Waals surface area contributed by atoms with Gasteiger partial charge in [0.25, 0.3) is 0 Å². The van der Waals surface area contributed by atoms with Crippen LogP contribution in [0.15, 0.2) is 18.2 Å². The Bertz CT molecular complexity index is 386. The lowest BCUT2D eigenvalue weighted by molar-refractivity contribution is 0.341. The average molecular weight is 234 g/mol. The first kappa shape index (κ1) is 13.7. The molecule has 0 aliphatic heterocycles. The van der Waals surface area contributed by atoms with Crippen molar-refractivity contribution in [3.05, 3.63) is 35.0 Å². The molecule has 1 aromatic rings. The predicted octanol–water partition coefficient (Wildman–Crippen LogP) is 2.76. The van der Waals surface area contributed by atoms with Gasteiger partial charge in [0, 0.05) is 17.8 Å². The minimum atomic E-state index is 0.575. The molecule has 1 N–H and O–H groups in total. The fraction of sp³-hybridized carbons (Fsp3) is 0.500. The highest BCUT2D eigenvalue weighted by Crippen LogP contribution is 2.20. The predicted molar refractivity (Wildman–Crippen MR) is 71.4 cm³/mol. The Labute approximate surface area is 104 Å². The Balaban J connectivity index is 2.89. The SMILES string of the molecule is CC=CCOc1nc(C)cc(C)c1CNCC. The number of pyridine rings is 1. The topological polar surface area (TPSA) is 34.1 Å². The normalized spacial score (nSPS) is 11.1. The molecule has 94 valence electrons. The van der Waals surface area contributed by atoms with Crippen LogP contribution < -0.4 is 10.1 Å². The van der Waals surface area contributed by atoms with Crippen LogP contribution in [0.25, 0.3) is 0 Å². The zero-order chi connectivity index (χ0) is 12.7. The molecule has 0 amide bonds. The van der Waals surface area contributed by atoms with Gasteiger partial charge in [-0.2, -0.15) is 0 Å². The van der Waals surface area contributed by atoms with Crippen molar-refractivity contribution in [1.82, 2.24) is 10.3 Å². The number of aromatic nitrogens is 1. The van der Waals surface area contributed by atoms with Gasteiger partial charge >= 0.3 is 0 Å². The van der Waals surface area contributed by atoms with E-state index in [-0.39, 0.29) is 0 Å². The van der Waals surface area contributed by atoms with E-state index in [0.29, 0.717) is 6.61 Å². The zero-order valence-corrected chi connectivity index (χ0v) is 11.2. The van der Waals surface area contributed by atoms with Crippen LogP contribution in [0.5, 0.6) is 5.88 Å². The number of hydrogen-bond donors (Lipinski definition) is 1. The number of nitrogens with one attached hydrogen (secondary N) is 1. The van der Waals surface area contributed by atoms with E-state index in [9.17, 15) is 0 Å². The second-order valence-electron chi connectivity index (χ2n) is 4.02. The van der Waals surface area contributed by atoms with Crippen molar-refractivity contribution >= 4 is 0 Å². The molecule has 0 aliphatic rings. The minimum absolute atomic E-state index is 0.575. The monoisotopic (exact) mass is 234 g/mol. The molecule has 3 heteroatoms. The summed E-state index contributed by atoms with van der Waals surface area (Å²) in [6.07, 6.45) is 3.96. The zero-order valence-electron chi connectivity index (χ0n) is 11.2. The van der Waals surface area contributed by atoms with Gasteiger partial charge in [0.2, 0.25) is 5.88 Å². The van der Waals surface area contributed by atoms with Crippen LogP contribution in [0.3, 0.4) is 0 Å². The summed E-state index contributed by atoms with van der Waals surface area (Å²) in [6, 6.07) is 2.09. The standard InChI is InChI=1S/C14H22N2O/c1-5-7-8-17-14-13(10-15-6-2)11(3)9-12(4)16-14/h5,7,9,15H,6,8,10H2,1-4H3. The third-order valence-electron chi connectivity index (χ3n) is 2.54. The highest BCUT2D eigenvalue weighted by molar-refractivity contribution is 5.36. The highest BCUT2D eigenvalue weighted by atomic mass is 16.5. The van der Waals surface area contributed by atoms with Crippen molar-refractivity contribution in [3.63, 3.8) is 0 Å². The molecular weight excluding hydrogens is 212 g/mol. The third kappa shape index (κ3) is 4.19. The summed E-state index contributed by atoms with van der Waals surface area (Å²) in [5.41, 5.74) is 3.38. The van der Waals surface area contributed by atoms with Crippen molar-refractivity contribution in [2.24, 2.45) is 0 Å². The summed E-state index contributed by atoms with van der Waals surface area (Å²) in [7, 11) is 0. The Morgan fingerprint density at radius 3 is 2.82 bits per heavy atom. The summed E-state index contributed by atoms with van der Waals surface area (Å²) in [5.74, 6) is 0.751. The van der Waals surface area contributed by atoms with Crippen molar-refractivity contribution < 1.29 is 4.74 Å². The Kier molecular flexibility index (Phi) is 5.70. The smallest absolute Gasteiger partial charge is 0.218 e. The molecule has 1 aromatic heterocycles. The summed E-state index contributed by atoms with van der Waals surface area (Å²) in [6.45, 7) is 10.5. The van der Waals surface area contributed by atoms with Gasteiger partial charge in [-0.3, -0.25) is 0 Å². The van der Waals surface area contributed by atoms with Crippen molar-refractivity contribution in [1.29, 1.82) is 0 Å². The van der Waals surface area contributed by atoms with Gasteiger partial charge in [-0.05, 0) is 38.9 Å². The van der Waals surface area contributed by atoms with Crippen LogP contribution in [0.4, 0.5) is 0 Å². The number of ether oxygens (including phenoxy) is 1. The van der Waals surface area contributed by atoms with Crippen molar-refractivity contribution in [3.8, 4) is 5.88 Å². The van der Waals surface area contributed by atoms with Gasteiger partial charge in [-0.15, -0.1) is 0 Å². The lowest BCUT2D eigenvalue weighted by Gasteiger charge is -2.13. The van der Waals surface area contributed by atoms with Gasteiger partial charge in [-0.25, -0.2) is 4.98 Å². The van der Waals surface area contributed by atoms with Crippen LogP contribution in [-0.4, -0.2) is 18.1 Å². The van der Waals surface area contributed by atoms with E-state index in [1.54, 1.807) is 0 Å². The molecule has 0 fully saturated rings. The molecule has 17 heavy (non-hydrogen) atoms. The largest absolute Gasteiger partial charge is 0.473 e. The first-order chi connectivity index (χ1) is 8.19. The number of allylic oxidation sites excluding steroid dienone is 1. The molecule has 0 saturated carbocycles. The Morgan fingerprint density at radius 2 is 2.18 bits per heavy atom. The average Bonchev–Trinajstić information content (AvgIpc) is 2.28. The molecule has 3 nitrogen and oxygen atoms in total. The Morgan fingerprint density at radius 1 is 1.41 bits per heavy atom. The molecular formula is C14H22N2O. The lowest BCUT2D eigenvalue weighted by atomic mass is 10.1. The van der Waals surface area contributed by atoms with Crippen LogP contribution in [0.1, 0.15) is 30.7 Å². The van der Waals surface area contributed by atoms with E-state index in [1.165, 1.54) is 5.56 Å². The van der Waals surface area contributed by atoms with Crippen LogP contribution in [0.2, 0.25) is 0 Å². The molecule has 0 saturated heterocycles. The summed E-state index contributed by atoms with van der Waals surface area (Å²) in [5, 5.41) is 3.32. The molecule has 0 spiro atoms. The number of aryl methyl sites for hydroxylation is 2. The van der Waals surface area contributed by atoms with Crippen LogP contribution in [-0.2, 0) is 6.54 Å². The van der Waals surface area contributed by atoms with E-state index in [2.05, 4.69) is 30.2 Å². The van der Waals surface area contributed by atoms with E-state index in [4.69, 9.17) is 4.74 Å². The Hall–Kier alpha value is -1.35. The van der Waals surface area contributed by atoms with E-state index in [0.717, 1.165) is 30.2 Å². The molecule has 0 bridgehead atoms. The second kappa shape index (κ2) is 7.07. The van der Waals surface area contributed by atoms with E-state index < -0.39 is 0 Å². The maximum absolute atomic E-state index is 5.70. The van der Waals surface area contributed by atoms with E-state index >= 15 is 0 Å². The molecule has 1 rings (SSSR count). The molecule has 0 unspecified atom stereocenters. The minimum Gasteiger partial charge on any atom is -0.473 e. The van der Waals surface area contributed by atoms with Gasteiger partial charge in [-0.1, -0.05) is 19.1 Å². The quantitative estimate of drug-likeness (QED) is 0.768. The second-order valence-corrected chi connectivity index (χ2v) is 4.02. The molecule has 0 radical (unpaired) electrons. The number of hydrogen-bond acceptors (Lipinski definition) is 3. The first-order valence-electron chi connectivity index (χ1n) is 6.10. The number of nitrogens with zero attached hydrogens (tertiary/aromatic N) is 1. The fourth-order valence-electron chi connectivity index (χ4n) is 1.64. The van der Waals surface area contributed by atoms with Crippen molar-refractivity contribution in [2.75, 3.05) is 13.2 Å². The van der Waals surface area contributed by atoms with Crippen molar-refractivity contribution in [2.45, 2.75) is 34.2 Å².